The van der Waals surface area contributed by atoms with Gasteiger partial charge in [-0.15, -0.1) is 11.6 Å². The van der Waals surface area contributed by atoms with E-state index in [0.29, 0.717) is 0 Å². The molecule has 0 radical (unpaired) electrons. The average molecular weight is 122 g/mol. The maximum Gasteiger partial charge on any atom is 0.0351 e. The first-order valence-electron chi connectivity index (χ1n) is 2.55. The third-order valence-electron chi connectivity index (χ3n) is 1.01. The van der Waals surface area contributed by atoms with Crippen LogP contribution in [0.2, 0.25) is 0 Å². The first-order valence-corrected chi connectivity index (χ1v) is 3.09. The van der Waals surface area contributed by atoms with Crippen LogP contribution in [0.25, 0.3) is 0 Å². The molecule has 0 rings (SSSR count). The van der Waals surface area contributed by atoms with Crippen LogP contribution < -0.4 is 0 Å². The van der Waals surface area contributed by atoms with Crippen molar-refractivity contribution in [2.75, 3.05) is 26.0 Å². The van der Waals surface area contributed by atoms with Gasteiger partial charge in [0.15, 0.2) is 0 Å². The molecule has 1 nitrogen and oxygen atoms in total. The van der Waals surface area contributed by atoms with E-state index in [1.807, 2.05) is 0 Å². The smallest absolute Gasteiger partial charge is 0.0351 e. The van der Waals surface area contributed by atoms with E-state index in [0.717, 1.165) is 19.0 Å². The second kappa shape index (κ2) is 4.41. The summed E-state index contributed by atoms with van der Waals surface area (Å²) < 4.78 is 0. The van der Waals surface area contributed by atoms with Gasteiger partial charge in [0.25, 0.3) is 0 Å². The highest BCUT2D eigenvalue weighted by Crippen LogP contribution is 1.81. The summed E-state index contributed by atoms with van der Waals surface area (Å²) in [4.78, 5) is 2.17. The lowest BCUT2D eigenvalue weighted by Crippen LogP contribution is -2.19. The summed E-state index contributed by atoms with van der Waals surface area (Å²) in [7, 11) is 2.06. The molecule has 2 heteroatoms. The van der Waals surface area contributed by atoms with Crippen molar-refractivity contribution >= 4 is 11.6 Å². The molecule has 0 bridgehead atoms. The highest BCUT2D eigenvalue weighted by molar-refractivity contribution is 6.18. The van der Waals surface area contributed by atoms with Gasteiger partial charge in [-0.2, -0.15) is 0 Å². The van der Waals surface area contributed by atoms with Crippen LogP contribution >= 0.6 is 11.6 Å². The highest BCUT2D eigenvalue weighted by Gasteiger charge is 1.87. The van der Waals surface area contributed by atoms with Crippen molar-refractivity contribution in [2.45, 2.75) is 6.92 Å². The lowest BCUT2D eigenvalue weighted by molar-refractivity contribution is 0.375. The van der Waals surface area contributed by atoms with Crippen LogP contribution in [0.3, 0.4) is 0 Å². The van der Waals surface area contributed by atoms with E-state index >= 15 is 0 Å². The first kappa shape index (κ1) is 7.25. The Morgan fingerprint density at radius 2 is 2.14 bits per heavy atom. The van der Waals surface area contributed by atoms with E-state index in [1.54, 1.807) is 0 Å². The van der Waals surface area contributed by atoms with Gasteiger partial charge < -0.3 is 4.90 Å². The van der Waals surface area contributed by atoms with Crippen molar-refractivity contribution in [1.82, 2.24) is 4.90 Å². The quantitative estimate of drug-likeness (QED) is 0.507. The molecule has 0 fully saturated rings. The van der Waals surface area contributed by atoms with E-state index in [-0.39, 0.29) is 0 Å². The number of nitrogens with zero attached hydrogens (tertiary/aromatic N) is 1. The van der Waals surface area contributed by atoms with Crippen molar-refractivity contribution in [1.29, 1.82) is 0 Å². The molecular formula is C5H12ClN. The largest absolute Gasteiger partial charge is 0.305 e. The zero-order valence-electron chi connectivity index (χ0n) is 4.95. The molecule has 0 saturated heterocycles. The van der Waals surface area contributed by atoms with Gasteiger partial charge in [0.1, 0.15) is 0 Å². The normalized spacial score (nSPS) is 10.3. The summed E-state index contributed by atoms with van der Waals surface area (Å²) in [5, 5.41) is 0. The van der Waals surface area contributed by atoms with E-state index < -0.39 is 0 Å². The van der Waals surface area contributed by atoms with Gasteiger partial charge in [-0.05, 0) is 13.6 Å². The average Bonchev–Trinajstić information content (AvgIpc) is 1.68. The Labute approximate surface area is 50.3 Å². The summed E-state index contributed by atoms with van der Waals surface area (Å²) in [5.74, 6) is 0.740. The fourth-order valence-electron chi connectivity index (χ4n) is 0.302. The number of alkyl halides is 1. The number of hydrogen-bond acceptors (Lipinski definition) is 1. The Kier molecular flexibility index (Phi) is 4.57. The number of hydrogen-bond donors (Lipinski definition) is 0. The molecule has 44 valence electrons. The van der Waals surface area contributed by atoms with Gasteiger partial charge in [0.2, 0.25) is 0 Å². The Morgan fingerprint density at radius 3 is 2.29 bits per heavy atom. The molecule has 0 saturated carbocycles. The zero-order chi connectivity index (χ0) is 5.70. The highest BCUT2D eigenvalue weighted by atomic mass is 35.5. The Bertz CT molecular complexity index is 39.1. The van der Waals surface area contributed by atoms with Crippen LogP contribution in [0, 0.1) is 0 Å². The van der Waals surface area contributed by atoms with Crippen LogP contribution in [0.5, 0.6) is 0 Å². The molecule has 0 aliphatic heterocycles. The molecule has 0 heterocycles. The van der Waals surface area contributed by atoms with Crippen molar-refractivity contribution in [3.05, 3.63) is 0 Å². The minimum Gasteiger partial charge on any atom is -0.305 e. The predicted octanol–water partition coefficient (Wildman–Crippen LogP) is 1.18. The summed E-state index contributed by atoms with van der Waals surface area (Å²) in [6, 6.07) is 0. The lowest BCUT2D eigenvalue weighted by Gasteiger charge is -2.09. The van der Waals surface area contributed by atoms with Crippen LogP contribution in [0.4, 0.5) is 0 Å². The van der Waals surface area contributed by atoms with Gasteiger partial charge in [-0.25, -0.2) is 0 Å². The van der Waals surface area contributed by atoms with Gasteiger partial charge in [-0.1, -0.05) is 6.92 Å². The van der Waals surface area contributed by atoms with Crippen LogP contribution in [0.1, 0.15) is 6.92 Å². The fourth-order valence-corrected chi connectivity index (χ4v) is 0.591. The topological polar surface area (TPSA) is 3.24 Å². The summed E-state index contributed by atoms with van der Waals surface area (Å²) in [6.45, 7) is 4.21. The van der Waals surface area contributed by atoms with Crippen molar-refractivity contribution in [3.8, 4) is 0 Å². The van der Waals surface area contributed by atoms with E-state index in [2.05, 4.69) is 18.9 Å². The fraction of sp³-hybridized carbons (Fsp3) is 1.00. The van der Waals surface area contributed by atoms with Gasteiger partial charge in [0, 0.05) is 12.4 Å². The predicted molar refractivity (Wildman–Crippen MR) is 33.9 cm³/mol. The lowest BCUT2D eigenvalue weighted by atomic mass is 10.6. The molecule has 0 aromatic heterocycles. The van der Waals surface area contributed by atoms with Gasteiger partial charge in [-0.3, -0.25) is 0 Å². The Morgan fingerprint density at radius 1 is 1.57 bits per heavy atom. The van der Waals surface area contributed by atoms with Gasteiger partial charge >= 0.3 is 0 Å². The third-order valence-corrected chi connectivity index (χ3v) is 1.18. The Hall–Kier alpha value is 0.250. The van der Waals surface area contributed by atoms with E-state index in [9.17, 15) is 0 Å². The molecule has 7 heavy (non-hydrogen) atoms. The zero-order valence-corrected chi connectivity index (χ0v) is 5.70. The molecule has 0 aliphatic rings. The minimum atomic E-state index is 0.740. The molecular weight excluding hydrogens is 110 g/mol. The van der Waals surface area contributed by atoms with E-state index in [4.69, 9.17) is 11.6 Å². The maximum atomic E-state index is 5.43. The number of rotatable bonds is 3. The molecule has 0 aliphatic carbocycles. The first-order chi connectivity index (χ1) is 3.31. The molecule has 0 unspecified atom stereocenters. The second-order valence-electron chi connectivity index (χ2n) is 1.58. The summed E-state index contributed by atoms with van der Waals surface area (Å²) in [6.07, 6.45) is 0. The minimum absolute atomic E-state index is 0.740. The monoisotopic (exact) mass is 121 g/mol. The third kappa shape index (κ3) is 4.10. The molecule has 0 N–H and O–H groups in total. The van der Waals surface area contributed by atoms with Crippen LogP contribution in [0.15, 0.2) is 0 Å². The standard InChI is InChI=1S/C5H12ClN/c1-3-7(2)5-4-6/h3-5H2,1-2H3. The maximum absolute atomic E-state index is 5.43. The summed E-state index contributed by atoms with van der Waals surface area (Å²) >= 11 is 5.43. The summed E-state index contributed by atoms with van der Waals surface area (Å²) in [5.41, 5.74) is 0. The molecule has 0 amide bonds. The van der Waals surface area contributed by atoms with E-state index in [1.165, 1.54) is 0 Å². The molecule has 0 spiro atoms. The second-order valence-corrected chi connectivity index (χ2v) is 1.96. The Balaban J connectivity index is 2.83. The molecule has 0 atom stereocenters. The number of halogens is 1. The van der Waals surface area contributed by atoms with Crippen LogP contribution in [-0.2, 0) is 0 Å². The SMILES string of the molecule is CCN(C)CCCl. The molecule has 0 aromatic rings. The van der Waals surface area contributed by atoms with Gasteiger partial charge in [0.05, 0.1) is 0 Å². The van der Waals surface area contributed by atoms with Crippen molar-refractivity contribution in [2.24, 2.45) is 0 Å². The van der Waals surface area contributed by atoms with Crippen molar-refractivity contribution in [3.63, 3.8) is 0 Å². The van der Waals surface area contributed by atoms with Crippen molar-refractivity contribution < 1.29 is 0 Å². The van der Waals surface area contributed by atoms with Crippen LogP contribution in [-0.4, -0.2) is 30.9 Å². The molecule has 0 aromatic carbocycles.